The van der Waals surface area contributed by atoms with Gasteiger partial charge in [0.25, 0.3) is 0 Å². The third-order valence-electron chi connectivity index (χ3n) is 1.65. The Morgan fingerprint density at radius 1 is 1.47 bits per heavy atom. The second kappa shape index (κ2) is 5.52. The molecule has 1 rings (SSSR count). The van der Waals surface area contributed by atoms with E-state index in [2.05, 4.69) is 44.8 Å². The zero-order valence-corrected chi connectivity index (χ0v) is 12.2. The molecular weight excluding hydrogens is 302 g/mol. The molecule has 0 aliphatic heterocycles. The van der Waals surface area contributed by atoms with Crippen molar-refractivity contribution in [3.63, 3.8) is 0 Å². The van der Waals surface area contributed by atoms with Gasteiger partial charge in [-0.3, -0.25) is 0 Å². The molecule has 1 aromatic heterocycles. The highest BCUT2D eigenvalue weighted by Gasteiger charge is 2.06. The number of hydrogen-bond acceptors (Lipinski definition) is 3. The molecule has 0 amide bonds. The molecule has 0 aliphatic rings. The molecule has 0 aliphatic carbocycles. The van der Waals surface area contributed by atoms with E-state index >= 15 is 0 Å². The molecule has 1 aromatic rings. The number of ether oxygens (including phenoxy) is 1. The Hall–Kier alpha value is 0.220. The fourth-order valence-electron chi connectivity index (χ4n) is 0.839. The molecule has 0 saturated heterocycles. The van der Waals surface area contributed by atoms with Crippen LogP contribution in [0.2, 0.25) is 5.28 Å². The topological polar surface area (TPSA) is 39.9 Å². The van der Waals surface area contributed by atoms with E-state index in [1.807, 2.05) is 0 Å². The molecule has 0 fully saturated rings. The first-order valence-electron chi connectivity index (χ1n) is 4.38. The highest BCUT2D eigenvalue weighted by Crippen LogP contribution is 2.33. The molecule has 88 valence electrons. The van der Waals surface area contributed by atoms with Crippen molar-refractivity contribution in [2.45, 2.75) is 6.73 Å². The lowest BCUT2D eigenvalue weighted by Gasteiger charge is -2.24. The first kappa shape index (κ1) is 13.3. The second-order valence-corrected chi connectivity index (χ2v) is 9.62. The standard InChI is InChI=1S/C8H15BrClN3OS/c1-15(2,3)5-4-14-6-13-8(10)11-7(9)12-13/h4-6H2,1-3H3. The first-order chi connectivity index (χ1) is 6.88. The Kier molecular flexibility index (Phi) is 4.89. The van der Waals surface area contributed by atoms with Crippen LogP contribution >= 0.6 is 37.6 Å². The summed E-state index contributed by atoms with van der Waals surface area (Å²) < 4.78 is 7.47. The second-order valence-electron chi connectivity index (χ2n) is 3.98. The first-order valence-corrected chi connectivity index (χ1v) is 8.58. The molecule has 0 atom stereocenters. The van der Waals surface area contributed by atoms with Crippen LogP contribution in [-0.4, -0.2) is 45.9 Å². The molecule has 0 radical (unpaired) electrons. The maximum absolute atomic E-state index is 5.80. The highest BCUT2D eigenvalue weighted by atomic mass is 79.9. The van der Waals surface area contributed by atoms with Gasteiger partial charge in [0.15, 0.2) is 0 Å². The van der Waals surface area contributed by atoms with E-state index in [9.17, 15) is 0 Å². The molecule has 4 nitrogen and oxygen atoms in total. The van der Waals surface area contributed by atoms with Gasteiger partial charge in [0.1, 0.15) is 6.73 Å². The van der Waals surface area contributed by atoms with E-state index in [0.29, 0.717) is 16.7 Å². The van der Waals surface area contributed by atoms with Crippen LogP contribution in [0.5, 0.6) is 0 Å². The van der Waals surface area contributed by atoms with E-state index in [1.54, 1.807) is 0 Å². The van der Waals surface area contributed by atoms with Gasteiger partial charge in [-0.15, -0.1) is 5.10 Å². The zero-order valence-electron chi connectivity index (χ0n) is 9.04. The van der Waals surface area contributed by atoms with Gasteiger partial charge in [0.2, 0.25) is 10.0 Å². The average Bonchev–Trinajstić information content (AvgIpc) is 2.37. The van der Waals surface area contributed by atoms with Crippen molar-refractivity contribution in [1.82, 2.24) is 14.8 Å². The Balaban J connectivity index is 2.29. The van der Waals surface area contributed by atoms with Crippen molar-refractivity contribution in [2.75, 3.05) is 31.1 Å². The van der Waals surface area contributed by atoms with E-state index in [-0.39, 0.29) is 0 Å². The Morgan fingerprint density at radius 2 is 2.13 bits per heavy atom. The molecular formula is C8H15BrClN3OS. The van der Waals surface area contributed by atoms with Crippen molar-refractivity contribution >= 4 is 37.6 Å². The van der Waals surface area contributed by atoms with Gasteiger partial charge in [-0.2, -0.15) is 4.98 Å². The molecule has 0 unspecified atom stereocenters. The van der Waals surface area contributed by atoms with Crippen LogP contribution in [0.15, 0.2) is 4.73 Å². The summed E-state index contributed by atoms with van der Waals surface area (Å²) in [5.74, 6) is 1.08. The summed E-state index contributed by atoms with van der Waals surface area (Å²) >= 11 is 8.94. The molecule has 0 spiro atoms. The van der Waals surface area contributed by atoms with Crippen LogP contribution in [0.1, 0.15) is 0 Å². The summed E-state index contributed by atoms with van der Waals surface area (Å²) in [7, 11) is -0.496. The minimum atomic E-state index is -0.496. The van der Waals surface area contributed by atoms with Crippen LogP contribution < -0.4 is 0 Å². The molecule has 0 N–H and O–H groups in total. The summed E-state index contributed by atoms with van der Waals surface area (Å²) in [5, 5.41) is 4.35. The Morgan fingerprint density at radius 3 is 2.60 bits per heavy atom. The third kappa shape index (κ3) is 5.19. The fraction of sp³-hybridized carbons (Fsp3) is 0.750. The van der Waals surface area contributed by atoms with Gasteiger partial charge in [-0.05, 0) is 46.3 Å². The van der Waals surface area contributed by atoms with Gasteiger partial charge < -0.3 is 4.74 Å². The van der Waals surface area contributed by atoms with E-state index < -0.39 is 10.0 Å². The van der Waals surface area contributed by atoms with Crippen LogP contribution in [0.25, 0.3) is 0 Å². The minimum absolute atomic E-state index is 0.338. The summed E-state index contributed by atoms with van der Waals surface area (Å²) in [6.45, 7) is 1.08. The maximum Gasteiger partial charge on any atom is 0.224 e. The van der Waals surface area contributed by atoms with Crippen LogP contribution in [-0.2, 0) is 11.5 Å². The lowest BCUT2D eigenvalue weighted by molar-refractivity contribution is 0.0807. The van der Waals surface area contributed by atoms with E-state index in [1.165, 1.54) is 4.68 Å². The van der Waals surface area contributed by atoms with Crippen molar-refractivity contribution < 1.29 is 4.74 Å². The Bertz CT molecular complexity index is 326. The average molecular weight is 317 g/mol. The fourth-order valence-corrected chi connectivity index (χ4v) is 2.09. The lowest BCUT2D eigenvalue weighted by Crippen LogP contribution is -2.10. The normalized spacial score (nSPS) is 13.1. The predicted octanol–water partition coefficient (Wildman–Crippen LogP) is 2.36. The molecule has 0 saturated carbocycles. The molecule has 7 heteroatoms. The van der Waals surface area contributed by atoms with Crippen molar-refractivity contribution in [3.8, 4) is 0 Å². The monoisotopic (exact) mass is 315 g/mol. The molecule has 15 heavy (non-hydrogen) atoms. The highest BCUT2D eigenvalue weighted by molar-refractivity contribution is 9.10. The van der Waals surface area contributed by atoms with Crippen molar-refractivity contribution in [1.29, 1.82) is 0 Å². The lowest BCUT2D eigenvalue weighted by atomic mass is 10.8. The SMILES string of the molecule is CS(C)(C)CCOCn1nc(Br)nc1Cl. The zero-order chi connectivity index (χ0) is 11.5. The molecule has 1 heterocycles. The largest absolute Gasteiger partial charge is 0.358 e. The molecule has 0 aromatic carbocycles. The number of halogens is 2. The maximum atomic E-state index is 5.80. The van der Waals surface area contributed by atoms with Gasteiger partial charge in [-0.25, -0.2) is 14.7 Å². The number of nitrogens with zero attached hydrogens (tertiary/aromatic N) is 3. The van der Waals surface area contributed by atoms with Crippen LogP contribution in [0.4, 0.5) is 0 Å². The van der Waals surface area contributed by atoms with Crippen LogP contribution in [0.3, 0.4) is 0 Å². The predicted molar refractivity (Wildman–Crippen MR) is 68.9 cm³/mol. The van der Waals surface area contributed by atoms with Gasteiger partial charge in [-0.1, -0.05) is 0 Å². The molecule has 0 bridgehead atoms. The van der Waals surface area contributed by atoms with E-state index in [4.69, 9.17) is 16.3 Å². The Labute approximate surface area is 105 Å². The van der Waals surface area contributed by atoms with Gasteiger partial charge >= 0.3 is 0 Å². The summed E-state index contributed by atoms with van der Waals surface area (Å²) in [6, 6.07) is 0. The smallest absolute Gasteiger partial charge is 0.224 e. The number of rotatable bonds is 5. The van der Waals surface area contributed by atoms with Crippen molar-refractivity contribution in [2.24, 2.45) is 0 Å². The summed E-state index contributed by atoms with van der Waals surface area (Å²) in [4.78, 5) is 3.90. The van der Waals surface area contributed by atoms with E-state index in [0.717, 1.165) is 12.4 Å². The van der Waals surface area contributed by atoms with Crippen LogP contribution in [0, 0.1) is 0 Å². The van der Waals surface area contributed by atoms with Gasteiger partial charge in [0.05, 0.1) is 6.61 Å². The van der Waals surface area contributed by atoms with Crippen molar-refractivity contribution in [3.05, 3.63) is 10.0 Å². The number of aromatic nitrogens is 3. The summed E-state index contributed by atoms with van der Waals surface area (Å²) in [5.41, 5.74) is 0. The third-order valence-corrected chi connectivity index (χ3v) is 3.66. The summed E-state index contributed by atoms with van der Waals surface area (Å²) in [6.07, 6.45) is 6.78. The number of hydrogen-bond donors (Lipinski definition) is 0. The quantitative estimate of drug-likeness (QED) is 0.783. The minimum Gasteiger partial charge on any atom is -0.358 e. The van der Waals surface area contributed by atoms with Gasteiger partial charge in [0, 0.05) is 5.75 Å².